The summed E-state index contributed by atoms with van der Waals surface area (Å²) in [5, 5.41) is 0.0699. The zero-order valence-corrected chi connectivity index (χ0v) is 9.58. The van der Waals surface area contributed by atoms with Crippen LogP contribution in [0, 0.1) is 11.6 Å². The van der Waals surface area contributed by atoms with Crippen LogP contribution in [0.2, 0.25) is 0 Å². The highest BCUT2D eigenvalue weighted by atomic mass is 35.5. The second kappa shape index (κ2) is 4.90. The van der Waals surface area contributed by atoms with Crippen molar-refractivity contribution in [3.8, 4) is 0 Å². The Morgan fingerprint density at radius 1 is 1.31 bits per heavy atom. The van der Waals surface area contributed by atoms with Crippen LogP contribution in [0.4, 0.5) is 8.78 Å². The van der Waals surface area contributed by atoms with Gasteiger partial charge in [0, 0.05) is 17.6 Å². The van der Waals surface area contributed by atoms with Crippen molar-refractivity contribution in [1.82, 2.24) is 4.72 Å². The third-order valence-electron chi connectivity index (χ3n) is 1.60. The van der Waals surface area contributed by atoms with Crippen molar-refractivity contribution < 1.29 is 17.2 Å². The highest BCUT2D eigenvalue weighted by Gasteiger charge is 2.15. The van der Waals surface area contributed by atoms with Gasteiger partial charge in [0.05, 0.1) is 4.90 Å². The first-order valence-corrected chi connectivity index (χ1v) is 5.96. The molecule has 0 aliphatic heterocycles. The molecule has 0 aromatic heterocycles. The molecule has 1 aromatic rings. The number of hydrogen-bond donors (Lipinski definition) is 1. The zero-order valence-electron chi connectivity index (χ0n) is 8.00. The molecule has 0 unspecified atom stereocenters. The van der Waals surface area contributed by atoms with Crippen LogP contribution in [0.15, 0.2) is 34.7 Å². The van der Waals surface area contributed by atoms with Crippen molar-refractivity contribution in [2.75, 3.05) is 6.54 Å². The van der Waals surface area contributed by atoms with E-state index < -0.39 is 26.6 Å². The minimum atomic E-state index is -3.98. The monoisotopic (exact) mass is 267 g/mol. The van der Waals surface area contributed by atoms with Gasteiger partial charge in [-0.3, -0.25) is 0 Å². The van der Waals surface area contributed by atoms with Gasteiger partial charge in [-0.1, -0.05) is 18.2 Å². The minimum Gasteiger partial charge on any atom is -0.207 e. The van der Waals surface area contributed by atoms with Crippen LogP contribution in [0.25, 0.3) is 0 Å². The standard InChI is InChI=1S/C9H8ClF2NO2S/c1-6(10)5-13-16(14,15)9-3-7(11)2-8(12)4-9/h2-4,13H,1,5H2. The molecule has 0 spiro atoms. The van der Waals surface area contributed by atoms with Crippen molar-refractivity contribution in [3.63, 3.8) is 0 Å². The van der Waals surface area contributed by atoms with Gasteiger partial charge in [0.15, 0.2) is 0 Å². The zero-order chi connectivity index (χ0) is 12.3. The molecule has 1 aromatic carbocycles. The smallest absolute Gasteiger partial charge is 0.207 e. The molecular formula is C9H8ClF2NO2S. The molecule has 0 bridgehead atoms. The fraction of sp³-hybridized carbons (Fsp3) is 0.111. The molecule has 0 saturated carbocycles. The molecule has 0 saturated heterocycles. The lowest BCUT2D eigenvalue weighted by Gasteiger charge is -2.05. The predicted octanol–water partition coefficient (Wildman–Crippen LogP) is 2.00. The molecule has 0 aliphatic rings. The molecule has 0 fully saturated rings. The van der Waals surface area contributed by atoms with Crippen molar-refractivity contribution in [2.24, 2.45) is 0 Å². The summed E-state index contributed by atoms with van der Waals surface area (Å²) in [5.41, 5.74) is 0. The second-order valence-corrected chi connectivity index (χ2v) is 5.25. The summed E-state index contributed by atoms with van der Waals surface area (Å²) < 4.78 is 50.6. The van der Waals surface area contributed by atoms with E-state index in [1.54, 1.807) is 0 Å². The van der Waals surface area contributed by atoms with E-state index in [9.17, 15) is 17.2 Å². The molecule has 88 valence electrons. The first-order chi connectivity index (χ1) is 7.31. The molecule has 0 aliphatic carbocycles. The number of rotatable bonds is 4. The van der Waals surface area contributed by atoms with Crippen LogP contribution in [-0.4, -0.2) is 15.0 Å². The minimum absolute atomic E-state index is 0.0699. The molecule has 3 nitrogen and oxygen atoms in total. The third-order valence-corrected chi connectivity index (χ3v) is 3.11. The van der Waals surface area contributed by atoms with Crippen LogP contribution < -0.4 is 4.72 Å². The van der Waals surface area contributed by atoms with E-state index in [0.29, 0.717) is 18.2 Å². The van der Waals surface area contributed by atoms with Crippen LogP contribution >= 0.6 is 11.6 Å². The van der Waals surface area contributed by atoms with E-state index in [4.69, 9.17) is 11.6 Å². The Morgan fingerprint density at radius 2 is 1.81 bits per heavy atom. The number of sulfonamides is 1. The summed E-state index contributed by atoms with van der Waals surface area (Å²) in [6.07, 6.45) is 0. The van der Waals surface area contributed by atoms with Gasteiger partial charge in [-0.15, -0.1) is 0 Å². The molecular weight excluding hydrogens is 260 g/mol. The van der Waals surface area contributed by atoms with Crippen LogP contribution in [0.5, 0.6) is 0 Å². The predicted molar refractivity (Wildman–Crippen MR) is 56.5 cm³/mol. The van der Waals surface area contributed by atoms with Crippen molar-refractivity contribution in [3.05, 3.63) is 41.4 Å². The highest BCUT2D eigenvalue weighted by molar-refractivity contribution is 7.89. The van der Waals surface area contributed by atoms with Gasteiger partial charge in [0.1, 0.15) is 11.6 Å². The number of halogens is 3. The topological polar surface area (TPSA) is 46.2 Å². The Hall–Kier alpha value is -0.980. The van der Waals surface area contributed by atoms with Gasteiger partial charge in [-0.05, 0) is 12.1 Å². The molecule has 0 amide bonds. The fourth-order valence-electron chi connectivity index (χ4n) is 0.940. The number of hydrogen-bond acceptors (Lipinski definition) is 2. The van der Waals surface area contributed by atoms with Gasteiger partial charge in [-0.25, -0.2) is 21.9 Å². The largest absolute Gasteiger partial charge is 0.241 e. The van der Waals surface area contributed by atoms with Gasteiger partial charge in [0.25, 0.3) is 0 Å². The maximum Gasteiger partial charge on any atom is 0.241 e. The van der Waals surface area contributed by atoms with Gasteiger partial charge in [-0.2, -0.15) is 0 Å². The van der Waals surface area contributed by atoms with Crippen molar-refractivity contribution in [2.45, 2.75) is 4.90 Å². The Labute approximate surface area is 96.8 Å². The average Bonchev–Trinajstić information content (AvgIpc) is 2.13. The first-order valence-electron chi connectivity index (χ1n) is 4.10. The lowest BCUT2D eigenvalue weighted by Crippen LogP contribution is -2.25. The highest BCUT2D eigenvalue weighted by Crippen LogP contribution is 2.13. The second-order valence-electron chi connectivity index (χ2n) is 2.95. The Kier molecular flexibility index (Phi) is 4.01. The molecule has 7 heteroatoms. The molecule has 0 radical (unpaired) electrons. The number of benzene rings is 1. The summed E-state index contributed by atoms with van der Waals surface area (Å²) in [6, 6.07) is 2.00. The normalized spacial score (nSPS) is 11.4. The van der Waals surface area contributed by atoms with Crippen LogP contribution in [0.1, 0.15) is 0 Å². The Bertz CT molecular complexity index is 496. The average molecular weight is 268 g/mol. The maximum atomic E-state index is 12.8. The van der Waals surface area contributed by atoms with Gasteiger partial charge < -0.3 is 0 Å². The van der Waals surface area contributed by atoms with E-state index in [0.717, 1.165) is 0 Å². The summed E-state index contributed by atoms with van der Waals surface area (Å²) in [7, 11) is -3.98. The lowest BCUT2D eigenvalue weighted by atomic mass is 10.3. The Morgan fingerprint density at radius 3 is 2.25 bits per heavy atom. The maximum absolute atomic E-state index is 12.8. The molecule has 16 heavy (non-hydrogen) atoms. The Balaban J connectivity index is 3.02. The SMILES string of the molecule is C=C(Cl)CNS(=O)(=O)c1cc(F)cc(F)c1. The lowest BCUT2D eigenvalue weighted by molar-refractivity contribution is 0.563. The molecule has 0 heterocycles. The first kappa shape index (κ1) is 13.1. The summed E-state index contributed by atoms with van der Waals surface area (Å²) in [4.78, 5) is -0.497. The van der Waals surface area contributed by atoms with E-state index in [1.807, 2.05) is 4.72 Å². The third kappa shape index (κ3) is 3.55. The summed E-state index contributed by atoms with van der Waals surface area (Å²) in [6.45, 7) is 3.07. The van der Waals surface area contributed by atoms with E-state index >= 15 is 0 Å². The quantitative estimate of drug-likeness (QED) is 0.907. The van der Waals surface area contributed by atoms with E-state index in [2.05, 4.69) is 6.58 Å². The number of nitrogens with one attached hydrogen (secondary N) is 1. The summed E-state index contributed by atoms with van der Waals surface area (Å²) >= 11 is 5.36. The van der Waals surface area contributed by atoms with Crippen LogP contribution in [0.3, 0.4) is 0 Å². The van der Waals surface area contributed by atoms with Crippen molar-refractivity contribution >= 4 is 21.6 Å². The van der Waals surface area contributed by atoms with E-state index in [-0.39, 0.29) is 11.6 Å². The van der Waals surface area contributed by atoms with Gasteiger partial charge in [0.2, 0.25) is 10.0 Å². The molecule has 0 atom stereocenters. The van der Waals surface area contributed by atoms with Crippen LogP contribution in [-0.2, 0) is 10.0 Å². The van der Waals surface area contributed by atoms with Gasteiger partial charge >= 0.3 is 0 Å². The molecule has 1 rings (SSSR count). The van der Waals surface area contributed by atoms with Crippen molar-refractivity contribution in [1.29, 1.82) is 0 Å². The molecule has 1 N–H and O–H groups in total. The summed E-state index contributed by atoms with van der Waals surface area (Å²) in [5.74, 6) is -1.94. The van der Waals surface area contributed by atoms with E-state index in [1.165, 1.54) is 0 Å². The fourth-order valence-corrected chi connectivity index (χ4v) is 2.15.